The number of amides is 2. The second-order valence-electron chi connectivity index (χ2n) is 10.0. The predicted molar refractivity (Wildman–Crippen MR) is 147 cm³/mol. The second kappa shape index (κ2) is 12.5. The van der Waals surface area contributed by atoms with Gasteiger partial charge in [-0.1, -0.05) is 54.1 Å². The summed E-state index contributed by atoms with van der Waals surface area (Å²) in [5.74, 6) is -1.12. The number of nitrogens with zero attached hydrogens (tertiary/aromatic N) is 1. The number of rotatable bonds is 10. The van der Waals surface area contributed by atoms with Crippen molar-refractivity contribution in [2.45, 2.75) is 44.2 Å². The molecule has 0 radical (unpaired) electrons. The van der Waals surface area contributed by atoms with Crippen molar-refractivity contribution in [1.82, 2.24) is 10.2 Å². The minimum atomic E-state index is -1.66. The predicted octanol–water partition coefficient (Wildman–Crippen LogP) is 5.34. The quantitative estimate of drug-likeness (QED) is 0.304. The molecule has 2 unspecified atom stereocenters. The fraction of sp³-hybridized carbons (Fsp3) is 0.355. The molecule has 2 atom stereocenters. The maximum Gasteiger partial charge on any atom is 0.414 e. The number of hydrogen-bond donors (Lipinski definition) is 3. The average Bonchev–Trinajstić information content (AvgIpc) is 3.45. The molecule has 39 heavy (non-hydrogen) atoms. The first-order chi connectivity index (χ1) is 18.8. The number of methoxy groups -OCH3 is 1. The van der Waals surface area contributed by atoms with E-state index in [-0.39, 0.29) is 17.5 Å². The van der Waals surface area contributed by atoms with Crippen LogP contribution in [0.5, 0.6) is 0 Å². The molecule has 1 aliphatic heterocycles. The van der Waals surface area contributed by atoms with Crippen LogP contribution >= 0.6 is 0 Å². The van der Waals surface area contributed by atoms with Crippen LogP contribution in [-0.2, 0) is 10.3 Å². The number of unbranched alkanes of at least 4 members (excludes halogenated alkanes) is 1. The summed E-state index contributed by atoms with van der Waals surface area (Å²) in [7, 11) is 1.61. The Kier molecular flexibility index (Phi) is 9.12. The van der Waals surface area contributed by atoms with E-state index >= 15 is 4.39 Å². The number of ether oxygens (including phenoxy) is 1. The van der Waals surface area contributed by atoms with Gasteiger partial charge in [-0.2, -0.15) is 0 Å². The fourth-order valence-corrected chi connectivity index (χ4v) is 5.34. The lowest BCUT2D eigenvalue weighted by molar-refractivity contribution is 0.0646. The van der Waals surface area contributed by atoms with Crippen molar-refractivity contribution in [2.24, 2.45) is 0 Å². The number of benzene rings is 3. The second-order valence-corrected chi connectivity index (χ2v) is 10.0. The van der Waals surface area contributed by atoms with Gasteiger partial charge in [0.15, 0.2) is 0 Å². The molecule has 1 fully saturated rings. The summed E-state index contributed by atoms with van der Waals surface area (Å²) in [6.07, 6.45) is 0.700. The molecule has 0 aliphatic carbocycles. The summed E-state index contributed by atoms with van der Waals surface area (Å²) in [6.45, 7) is 3.45. The molecule has 0 spiro atoms. The maximum atomic E-state index is 15.5. The van der Waals surface area contributed by atoms with Crippen LogP contribution < -0.4 is 5.32 Å². The van der Waals surface area contributed by atoms with Crippen molar-refractivity contribution in [3.63, 3.8) is 0 Å². The highest BCUT2D eigenvalue weighted by molar-refractivity contribution is 6.03. The van der Waals surface area contributed by atoms with Gasteiger partial charge in [0.1, 0.15) is 11.4 Å². The normalized spacial score (nSPS) is 16.6. The Morgan fingerprint density at radius 3 is 2.56 bits per heavy atom. The number of carbonyl (C=O) groups excluding carboxylic acids is 1. The molecule has 4 rings (SSSR count). The van der Waals surface area contributed by atoms with Crippen LogP contribution in [0.15, 0.2) is 66.7 Å². The molecule has 206 valence electrons. The highest BCUT2D eigenvalue weighted by atomic mass is 19.1. The number of carbonyl (C=O) groups is 2. The number of hydrogen-bond acceptors (Lipinski definition) is 5. The monoisotopic (exact) mass is 534 g/mol. The largest absolute Gasteiger partial charge is 0.465 e. The van der Waals surface area contributed by atoms with E-state index in [1.54, 1.807) is 43.5 Å². The van der Waals surface area contributed by atoms with Gasteiger partial charge in [-0.3, -0.25) is 4.79 Å². The van der Waals surface area contributed by atoms with E-state index in [1.165, 1.54) is 12.1 Å². The lowest BCUT2D eigenvalue weighted by atomic mass is 9.78. The van der Waals surface area contributed by atoms with Gasteiger partial charge in [0.2, 0.25) is 0 Å². The summed E-state index contributed by atoms with van der Waals surface area (Å²) in [5.41, 5.74) is 1.13. The third-order valence-electron chi connectivity index (χ3n) is 7.31. The minimum Gasteiger partial charge on any atom is -0.465 e. The van der Waals surface area contributed by atoms with Crippen LogP contribution in [0.2, 0.25) is 0 Å². The molecule has 3 aromatic carbocycles. The van der Waals surface area contributed by atoms with Crippen LogP contribution in [0.4, 0.5) is 9.18 Å². The molecular weight excluding hydrogens is 499 g/mol. The van der Waals surface area contributed by atoms with E-state index in [2.05, 4.69) is 5.32 Å². The summed E-state index contributed by atoms with van der Waals surface area (Å²) in [6, 6.07) is 18.0. The smallest absolute Gasteiger partial charge is 0.414 e. The number of halogens is 1. The van der Waals surface area contributed by atoms with E-state index in [1.807, 2.05) is 25.1 Å². The number of imide groups is 1. The Labute approximate surface area is 228 Å². The topological polar surface area (TPSA) is 99.1 Å². The number of aliphatic hydroxyl groups is 1. The zero-order chi connectivity index (χ0) is 28.0. The number of aryl methyl sites for hydroxylation is 1. The average molecular weight is 535 g/mol. The first-order valence-electron chi connectivity index (χ1n) is 13.2. The molecule has 8 heteroatoms. The van der Waals surface area contributed by atoms with Crippen molar-refractivity contribution in [3.8, 4) is 11.1 Å². The van der Waals surface area contributed by atoms with E-state index in [0.29, 0.717) is 55.6 Å². The molecule has 2 amide bonds. The van der Waals surface area contributed by atoms with Gasteiger partial charge in [-0.15, -0.1) is 0 Å². The van der Waals surface area contributed by atoms with Gasteiger partial charge >= 0.3 is 6.09 Å². The van der Waals surface area contributed by atoms with Gasteiger partial charge in [-0.05, 0) is 74.0 Å². The zero-order valence-corrected chi connectivity index (χ0v) is 22.3. The Balaban J connectivity index is 1.82. The molecule has 0 aromatic heterocycles. The third kappa shape index (κ3) is 6.19. The van der Waals surface area contributed by atoms with Gasteiger partial charge in [0.25, 0.3) is 5.91 Å². The summed E-state index contributed by atoms with van der Waals surface area (Å²) < 4.78 is 20.7. The SMILES string of the molecule is COCCCCC(O)(c1cccc(C(=O)N(C(=O)O)C2CCNC2)c1)c1cccc(F)c1-c1cccc(C)c1. The number of carboxylic acid groups (broad SMARTS) is 1. The van der Waals surface area contributed by atoms with E-state index < -0.39 is 29.5 Å². The molecule has 0 saturated carbocycles. The lowest BCUT2D eigenvalue weighted by Gasteiger charge is -2.32. The van der Waals surface area contributed by atoms with E-state index in [0.717, 1.165) is 10.5 Å². The Bertz CT molecular complexity index is 1320. The minimum absolute atomic E-state index is 0.144. The van der Waals surface area contributed by atoms with Crippen molar-refractivity contribution >= 4 is 12.0 Å². The Morgan fingerprint density at radius 1 is 1.10 bits per heavy atom. The molecule has 1 aliphatic rings. The summed E-state index contributed by atoms with van der Waals surface area (Å²) in [5, 5.41) is 25.3. The molecule has 1 heterocycles. The molecule has 3 aromatic rings. The lowest BCUT2D eigenvalue weighted by Crippen LogP contribution is -2.45. The van der Waals surface area contributed by atoms with Crippen LogP contribution in [0.1, 0.15) is 52.7 Å². The highest BCUT2D eigenvalue weighted by Gasteiger charge is 2.37. The third-order valence-corrected chi connectivity index (χ3v) is 7.31. The summed E-state index contributed by atoms with van der Waals surface area (Å²) >= 11 is 0. The van der Waals surface area contributed by atoms with E-state index in [4.69, 9.17) is 4.74 Å². The molecule has 1 saturated heterocycles. The molecule has 3 N–H and O–H groups in total. The van der Waals surface area contributed by atoms with Crippen LogP contribution in [0.3, 0.4) is 0 Å². The molecule has 7 nitrogen and oxygen atoms in total. The van der Waals surface area contributed by atoms with Crippen LogP contribution in [0.25, 0.3) is 11.1 Å². The van der Waals surface area contributed by atoms with Crippen molar-refractivity contribution in [1.29, 1.82) is 0 Å². The van der Waals surface area contributed by atoms with Gasteiger partial charge in [0.05, 0.1) is 6.04 Å². The van der Waals surface area contributed by atoms with Crippen LogP contribution in [-0.4, -0.2) is 60.0 Å². The van der Waals surface area contributed by atoms with Gasteiger partial charge in [-0.25, -0.2) is 14.1 Å². The van der Waals surface area contributed by atoms with Crippen molar-refractivity contribution < 1.29 is 28.9 Å². The van der Waals surface area contributed by atoms with E-state index in [9.17, 15) is 19.8 Å². The van der Waals surface area contributed by atoms with Crippen LogP contribution in [0, 0.1) is 12.7 Å². The first kappa shape index (κ1) is 28.4. The Hall–Kier alpha value is -3.59. The standard InChI is InChI=1S/C31H35FN2O5/c1-21-8-5-9-22(18-21)28-26(12-7-13-27(28)32)31(38,15-3-4-17-39-2)24-11-6-10-23(19-24)29(35)34(30(36)37)25-14-16-33-20-25/h5-13,18-19,25,33,38H,3-4,14-17,20H2,1-2H3,(H,36,37). The van der Waals surface area contributed by atoms with Gasteiger partial charge < -0.3 is 20.3 Å². The maximum absolute atomic E-state index is 15.5. The zero-order valence-electron chi connectivity index (χ0n) is 22.3. The molecular formula is C31H35FN2O5. The van der Waals surface area contributed by atoms with Gasteiger partial charge in [0, 0.05) is 31.4 Å². The first-order valence-corrected chi connectivity index (χ1v) is 13.2. The van der Waals surface area contributed by atoms with Crippen molar-refractivity contribution in [3.05, 3.63) is 94.8 Å². The van der Waals surface area contributed by atoms with Crippen molar-refractivity contribution in [2.75, 3.05) is 26.8 Å². The fourth-order valence-electron chi connectivity index (χ4n) is 5.34. The highest BCUT2D eigenvalue weighted by Crippen LogP contribution is 2.42. The summed E-state index contributed by atoms with van der Waals surface area (Å²) in [4.78, 5) is 26.3. The molecule has 0 bridgehead atoms. The number of nitrogens with one attached hydrogen (secondary N) is 1. The Morgan fingerprint density at radius 2 is 1.87 bits per heavy atom.